The Morgan fingerprint density at radius 3 is 2.21 bits per heavy atom. The Kier molecular flexibility index (Phi) is 6.19. The van der Waals surface area contributed by atoms with Gasteiger partial charge in [-0.25, -0.2) is 13.1 Å². The van der Waals surface area contributed by atoms with E-state index >= 15 is 0 Å². The summed E-state index contributed by atoms with van der Waals surface area (Å²) in [6, 6.07) is 13.5. The Bertz CT molecular complexity index is 759. The van der Waals surface area contributed by atoms with E-state index in [-0.39, 0.29) is 11.4 Å². The lowest BCUT2D eigenvalue weighted by molar-refractivity contribution is 0.105. The predicted octanol–water partition coefficient (Wildman–Crippen LogP) is 2.37. The third-order valence-corrected chi connectivity index (χ3v) is 5.04. The van der Waals surface area contributed by atoms with Crippen LogP contribution in [0.5, 0.6) is 11.5 Å². The summed E-state index contributed by atoms with van der Waals surface area (Å²) in [5.74, 6) is 1.24. The van der Waals surface area contributed by atoms with Gasteiger partial charge in [-0.3, -0.25) is 0 Å². The van der Waals surface area contributed by atoms with Gasteiger partial charge in [0, 0.05) is 19.2 Å². The lowest BCUT2D eigenvalue weighted by Crippen LogP contribution is -2.29. The number of hydrogen-bond donors (Lipinski definition) is 1. The summed E-state index contributed by atoms with van der Waals surface area (Å²) in [5, 5.41) is 0. The summed E-state index contributed by atoms with van der Waals surface area (Å²) in [4.78, 5) is 0.165. The van der Waals surface area contributed by atoms with Gasteiger partial charge in [-0.2, -0.15) is 0 Å². The van der Waals surface area contributed by atoms with Crippen LogP contribution in [0.1, 0.15) is 11.7 Å². The first-order chi connectivity index (χ1) is 11.5. The van der Waals surface area contributed by atoms with E-state index in [0.717, 1.165) is 5.56 Å². The van der Waals surface area contributed by atoms with Gasteiger partial charge in [-0.15, -0.1) is 0 Å². The van der Waals surface area contributed by atoms with Gasteiger partial charge in [0.1, 0.15) is 11.5 Å². The SMILES string of the molecule is COc1ccc(S(=O)(=O)NCC(OC)c2ccccc2OC)cc1. The minimum absolute atomic E-state index is 0.0885. The highest BCUT2D eigenvalue weighted by atomic mass is 32.2. The molecule has 0 bridgehead atoms. The molecule has 0 fully saturated rings. The molecule has 0 saturated heterocycles. The standard InChI is InChI=1S/C17H21NO5S/c1-21-13-8-10-14(11-9-13)24(19,20)18-12-17(23-3)15-6-4-5-7-16(15)22-2/h4-11,17-18H,12H2,1-3H3. The van der Waals surface area contributed by atoms with E-state index in [1.807, 2.05) is 18.2 Å². The van der Waals surface area contributed by atoms with Gasteiger partial charge < -0.3 is 14.2 Å². The third kappa shape index (κ3) is 4.25. The van der Waals surface area contributed by atoms with E-state index in [1.54, 1.807) is 25.3 Å². The van der Waals surface area contributed by atoms with Crippen molar-refractivity contribution in [2.24, 2.45) is 0 Å². The quantitative estimate of drug-likeness (QED) is 0.790. The molecule has 0 aromatic heterocycles. The van der Waals surface area contributed by atoms with Crippen molar-refractivity contribution in [1.82, 2.24) is 4.72 Å². The minimum atomic E-state index is -3.64. The summed E-state index contributed by atoms with van der Waals surface area (Å²) in [7, 11) is 0.971. The van der Waals surface area contributed by atoms with Gasteiger partial charge >= 0.3 is 0 Å². The van der Waals surface area contributed by atoms with Crippen molar-refractivity contribution in [3.63, 3.8) is 0 Å². The molecule has 2 aromatic rings. The van der Waals surface area contributed by atoms with Crippen molar-refractivity contribution in [1.29, 1.82) is 0 Å². The summed E-state index contributed by atoms with van der Waals surface area (Å²) >= 11 is 0. The molecule has 0 aliphatic carbocycles. The average Bonchev–Trinajstić information content (AvgIpc) is 2.62. The van der Waals surface area contributed by atoms with Crippen molar-refractivity contribution in [2.75, 3.05) is 27.9 Å². The molecule has 0 heterocycles. The second kappa shape index (κ2) is 8.14. The first-order valence-corrected chi connectivity index (χ1v) is 8.79. The summed E-state index contributed by atoms with van der Waals surface area (Å²) in [6.07, 6.45) is -0.464. The van der Waals surface area contributed by atoms with Crippen molar-refractivity contribution in [3.05, 3.63) is 54.1 Å². The third-order valence-electron chi connectivity index (χ3n) is 3.60. The monoisotopic (exact) mass is 351 g/mol. The van der Waals surface area contributed by atoms with Gasteiger partial charge in [0.05, 0.1) is 25.2 Å². The van der Waals surface area contributed by atoms with E-state index in [0.29, 0.717) is 11.5 Å². The largest absolute Gasteiger partial charge is 0.497 e. The van der Waals surface area contributed by atoms with Crippen LogP contribution in [0.4, 0.5) is 0 Å². The molecule has 130 valence electrons. The molecule has 1 N–H and O–H groups in total. The zero-order valence-electron chi connectivity index (χ0n) is 13.9. The van der Waals surface area contributed by atoms with E-state index in [4.69, 9.17) is 14.2 Å². The van der Waals surface area contributed by atoms with Gasteiger partial charge in [-0.1, -0.05) is 18.2 Å². The molecule has 0 amide bonds. The van der Waals surface area contributed by atoms with Gasteiger partial charge in [0.2, 0.25) is 10.0 Å². The number of rotatable bonds is 8. The fourth-order valence-electron chi connectivity index (χ4n) is 2.28. The van der Waals surface area contributed by atoms with Crippen molar-refractivity contribution < 1.29 is 22.6 Å². The molecule has 0 spiro atoms. The molecule has 0 radical (unpaired) electrons. The molecule has 0 saturated carbocycles. The minimum Gasteiger partial charge on any atom is -0.497 e. The van der Waals surface area contributed by atoms with Crippen LogP contribution >= 0.6 is 0 Å². The molecular weight excluding hydrogens is 330 g/mol. The maximum Gasteiger partial charge on any atom is 0.240 e. The van der Waals surface area contributed by atoms with Crippen molar-refractivity contribution in [2.45, 2.75) is 11.0 Å². The summed E-state index contributed by atoms with van der Waals surface area (Å²) < 4.78 is 43.1. The predicted molar refractivity (Wildman–Crippen MR) is 90.9 cm³/mol. The van der Waals surface area contributed by atoms with E-state index in [9.17, 15) is 8.42 Å². The van der Waals surface area contributed by atoms with Crippen LogP contribution in [0.3, 0.4) is 0 Å². The van der Waals surface area contributed by atoms with E-state index in [1.165, 1.54) is 26.4 Å². The molecule has 0 aliphatic heterocycles. The summed E-state index contributed by atoms with van der Waals surface area (Å²) in [5.41, 5.74) is 0.778. The molecule has 1 atom stereocenters. The summed E-state index contributed by atoms with van der Waals surface area (Å²) in [6.45, 7) is 0.0885. The van der Waals surface area contributed by atoms with Crippen LogP contribution in [0, 0.1) is 0 Å². The highest BCUT2D eigenvalue weighted by molar-refractivity contribution is 7.89. The molecule has 7 heteroatoms. The lowest BCUT2D eigenvalue weighted by atomic mass is 10.1. The molecule has 6 nitrogen and oxygen atoms in total. The van der Waals surface area contributed by atoms with Crippen LogP contribution in [0.15, 0.2) is 53.4 Å². The number of nitrogens with one attached hydrogen (secondary N) is 1. The molecule has 2 rings (SSSR count). The Labute approximate surface area is 142 Å². The lowest BCUT2D eigenvalue weighted by Gasteiger charge is -2.19. The number of benzene rings is 2. The molecule has 2 aromatic carbocycles. The van der Waals surface area contributed by atoms with Crippen LogP contribution in [0.2, 0.25) is 0 Å². The van der Waals surface area contributed by atoms with Gasteiger partial charge in [0.25, 0.3) is 0 Å². The van der Waals surface area contributed by atoms with Crippen LogP contribution in [-0.4, -0.2) is 36.3 Å². The number of methoxy groups -OCH3 is 3. The van der Waals surface area contributed by atoms with Gasteiger partial charge in [-0.05, 0) is 30.3 Å². The van der Waals surface area contributed by atoms with Crippen molar-refractivity contribution in [3.8, 4) is 11.5 Å². The number of ether oxygens (including phenoxy) is 3. The zero-order valence-corrected chi connectivity index (χ0v) is 14.7. The Balaban J connectivity index is 2.14. The average molecular weight is 351 g/mol. The first kappa shape index (κ1) is 18.3. The fraction of sp³-hybridized carbons (Fsp3) is 0.294. The number of hydrogen-bond acceptors (Lipinski definition) is 5. The number of para-hydroxylation sites is 1. The maximum atomic E-state index is 12.4. The van der Waals surface area contributed by atoms with Crippen LogP contribution < -0.4 is 14.2 Å². The zero-order chi connectivity index (χ0) is 17.6. The van der Waals surface area contributed by atoms with Crippen molar-refractivity contribution >= 4 is 10.0 Å². The smallest absolute Gasteiger partial charge is 0.240 e. The Morgan fingerprint density at radius 1 is 0.958 bits per heavy atom. The molecule has 0 aliphatic rings. The second-order valence-corrected chi connectivity index (χ2v) is 6.76. The Hall–Kier alpha value is -2.09. The first-order valence-electron chi connectivity index (χ1n) is 7.31. The van der Waals surface area contributed by atoms with Gasteiger partial charge in [0.15, 0.2) is 0 Å². The molecule has 1 unspecified atom stereocenters. The fourth-order valence-corrected chi connectivity index (χ4v) is 3.31. The molecule has 24 heavy (non-hydrogen) atoms. The second-order valence-electron chi connectivity index (χ2n) is 4.99. The van der Waals surface area contributed by atoms with E-state index in [2.05, 4.69) is 4.72 Å². The highest BCUT2D eigenvalue weighted by Gasteiger charge is 2.20. The van der Waals surface area contributed by atoms with Crippen LogP contribution in [-0.2, 0) is 14.8 Å². The Morgan fingerprint density at radius 2 is 1.62 bits per heavy atom. The van der Waals surface area contributed by atoms with E-state index < -0.39 is 16.1 Å². The molecular formula is C17H21NO5S. The normalized spacial score (nSPS) is 12.6. The maximum absolute atomic E-state index is 12.4. The highest BCUT2D eigenvalue weighted by Crippen LogP contribution is 2.27. The van der Waals surface area contributed by atoms with Crippen LogP contribution in [0.25, 0.3) is 0 Å². The number of sulfonamides is 1. The topological polar surface area (TPSA) is 73.9 Å².